The molecule has 0 radical (unpaired) electrons. The lowest BCUT2D eigenvalue weighted by Crippen LogP contribution is -2.50. The molecule has 6 heteroatoms. The zero-order chi connectivity index (χ0) is 16.1. The summed E-state index contributed by atoms with van der Waals surface area (Å²) < 4.78 is 5.36. The monoisotopic (exact) mass is 308 g/mol. The normalized spacial score (nSPS) is 23.5. The third kappa shape index (κ3) is 4.06. The van der Waals surface area contributed by atoms with Crippen LogP contribution in [0.4, 0.5) is 0 Å². The lowest BCUT2D eigenvalue weighted by molar-refractivity contribution is -0.131. The van der Waals surface area contributed by atoms with Gasteiger partial charge in [0.2, 0.25) is 11.8 Å². The fourth-order valence-corrected chi connectivity index (χ4v) is 3.11. The van der Waals surface area contributed by atoms with Crippen molar-refractivity contribution in [3.8, 4) is 0 Å². The van der Waals surface area contributed by atoms with E-state index in [1.165, 1.54) is 0 Å². The topological polar surface area (TPSA) is 71.3 Å². The lowest BCUT2D eigenvalue weighted by Gasteiger charge is -2.39. The smallest absolute Gasteiger partial charge is 0.243 e. The summed E-state index contributed by atoms with van der Waals surface area (Å²) in [5, 5.41) is 7.63. The summed E-state index contributed by atoms with van der Waals surface area (Å²) in [5.41, 5.74) is 0. The van der Waals surface area contributed by atoms with E-state index in [9.17, 15) is 4.79 Å². The van der Waals surface area contributed by atoms with Crippen LogP contribution in [0, 0.1) is 5.92 Å². The Bertz CT molecular complexity index is 488. The van der Waals surface area contributed by atoms with Gasteiger partial charge in [-0.1, -0.05) is 25.4 Å². The van der Waals surface area contributed by atoms with Gasteiger partial charge in [0.05, 0.1) is 6.04 Å². The summed E-state index contributed by atoms with van der Waals surface area (Å²) in [7, 11) is 0. The average Bonchev–Trinajstić information content (AvgIpc) is 2.96. The van der Waals surface area contributed by atoms with Crippen LogP contribution in [0.15, 0.2) is 4.52 Å². The number of aryl methyl sites for hydroxylation is 1. The van der Waals surface area contributed by atoms with Crippen LogP contribution in [-0.2, 0) is 11.2 Å². The molecule has 0 saturated carbocycles. The second-order valence-corrected chi connectivity index (χ2v) is 6.22. The summed E-state index contributed by atoms with van der Waals surface area (Å²) in [6.45, 7) is 9.65. The number of hydrogen-bond donors (Lipinski definition) is 1. The van der Waals surface area contributed by atoms with Crippen molar-refractivity contribution >= 4 is 5.91 Å². The van der Waals surface area contributed by atoms with Gasteiger partial charge in [0.15, 0.2) is 5.82 Å². The Morgan fingerprint density at radius 1 is 1.50 bits per heavy atom. The maximum atomic E-state index is 11.5. The largest absolute Gasteiger partial charge is 0.343 e. The summed E-state index contributed by atoms with van der Waals surface area (Å²) >= 11 is 0. The standard InChI is InChI=1S/C16H28N4O2/c1-5-7-15-18-16(22-19-15)11(3)17-14-8-9-20(12(4)21)10-13(14)6-2/h11,13-14,17H,5-10H2,1-4H3/t11-,13+,14-/m0/s1. The zero-order valence-corrected chi connectivity index (χ0v) is 14.1. The Kier molecular flexibility index (Phi) is 5.94. The van der Waals surface area contributed by atoms with Crippen molar-refractivity contribution < 1.29 is 9.32 Å². The first-order valence-corrected chi connectivity index (χ1v) is 8.39. The average molecular weight is 308 g/mol. The first-order valence-electron chi connectivity index (χ1n) is 8.39. The van der Waals surface area contributed by atoms with Crippen molar-refractivity contribution in [2.24, 2.45) is 5.92 Å². The highest BCUT2D eigenvalue weighted by Gasteiger charge is 2.31. The van der Waals surface area contributed by atoms with Gasteiger partial charge in [0, 0.05) is 32.5 Å². The van der Waals surface area contributed by atoms with Gasteiger partial charge in [-0.25, -0.2) is 0 Å². The quantitative estimate of drug-likeness (QED) is 0.873. The second kappa shape index (κ2) is 7.72. The minimum atomic E-state index is 0.0426. The van der Waals surface area contributed by atoms with E-state index < -0.39 is 0 Å². The molecule has 1 aromatic rings. The number of nitrogens with zero attached hydrogens (tertiary/aromatic N) is 3. The fourth-order valence-electron chi connectivity index (χ4n) is 3.11. The molecule has 1 N–H and O–H groups in total. The van der Waals surface area contributed by atoms with Crippen LogP contribution in [0.2, 0.25) is 0 Å². The molecule has 2 heterocycles. The SMILES string of the molecule is CCCc1noc([C@H](C)N[C@H]2CCN(C(C)=O)C[C@H]2CC)n1. The molecule has 0 aromatic carbocycles. The molecule has 6 nitrogen and oxygen atoms in total. The highest BCUT2D eigenvalue weighted by molar-refractivity contribution is 5.73. The number of rotatable bonds is 6. The van der Waals surface area contributed by atoms with Gasteiger partial charge in [0.1, 0.15) is 0 Å². The van der Waals surface area contributed by atoms with Gasteiger partial charge in [-0.15, -0.1) is 0 Å². The Morgan fingerprint density at radius 2 is 2.27 bits per heavy atom. The number of piperidine rings is 1. The number of amides is 1. The van der Waals surface area contributed by atoms with Crippen molar-refractivity contribution in [1.82, 2.24) is 20.4 Å². The molecular formula is C16H28N4O2. The fraction of sp³-hybridized carbons (Fsp3) is 0.812. The van der Waals surface area contributed by atoms with Crippen molar-refractivity contribution in [3.63, 3.8) is 0 Å². The van der Waals surface area contributed by atoms with Crippen molar-refractivity contribution in [3.05, 3.63) is 11.7 Å². The molecule has 124 valence electrons. The summed E-state index contributed by atoms with van der Waals surface area (Å²) in [4.78, 5) is 17.9. The summed E-state index contributed by atoms with van der Waals surface area (Å²) in [6.07, 6.45) is 3.89. The van der Waals surface area contributed by atoms with Crippen LogP contribution >= 0.6 is 0 Å². The Hall–Kier alpha value is -1.43. The van der Waals surface area contributed by atoms with Gasteiger partial charge in [-0.3, -0.25) is 4.79 Å². The maximum absolute atomic E-state index is 11.5. The molecule has 1 amide bonds. The lowest BCUT2D eigenvalue weighted by atomic mass is 9.89. The first-order chi connectivity index (χ1) is 10.5. The van der Waals surface area contributed by atoms with Crippen molar-refractivity contribution in [1.29, 1.82) is 0 Å². The number of carbonyl (C=O) groups is 1. The molecule has 1 aliphatic heterocycles. The van der Waals surface area contributed by atoms with Gasteiger partial charge in [-0.2, -0.15) is 4.98 Å². The number of carbonyl (C=O) groups excluding carboxylic acids is 1. The Morgan fingerprint density at radius 3 is 2.91 bits per heavy atom. The molecule has 0 spiro atoms. The van der Waals surface area contributed by atoms with Gasteiger partial charge < -0.3 is 14.7 Å². The van der Waals surface area contributed by atoms with Crippen LogP contribution in [0.3, 0.4) is 0 Å². The van der Waals surface area contributed by atoms with E-state index in [-0.39, 0.29) is 11.9 Å². The molecule has 1 aliphatic rings. The summed E-state index contributed by atoms with van der Waals surface area (Å²) in [5.74, 6) is 2.08. The van der Waals surface area contributed by atoms with Gasteiger partial charge in [0.25, 0.3) is 0 Å². The Labute approximate surface area is 132 Å². The van der Waals surface area contributed by atoms with E-state index >= 15 is 0 Å². The molecule has 0 bridgehead atoms. The molecule has 0 unspecified atom stereocenters. The minimum Gasteiger partial charge on any atom is -0.343 e. The van der Waals surface area contributed by atoms with E-state index in [1.807, 2.05) is 4.90 Å². The molecule has 3 atom stereocenters. The van der Waals surface area contributed by atoms with Crippen molar-refractivity contribution in [2.45, 2.75) is 65.5 Å². The predicted molar refractivity (Wildman–Crippen MR) is 84.3 cm³/mol. The maximum Gasteiger partial charge on any atom is 0.243 e. The first kappa shape index (κ1) is 16.9. The molecule has 2 rings (SSSR count). The van der Waals surface area contributed by atoms with E-state index in [1.54, 1.807) is 6.92 Å². The Balaban J connectivity index is 1.94. The van der Waals surface area contributed by atoms with Crippen LogP contribution in [0.5, 0.6) is 0 Å². The van der Waals surface area contributed by atoms with Gasteiger partial charge >= 0.3 is 0 Å². The van der Waals surface area contributed by atoms with Crippen molar-refractivity contribution in [2.75, 3.05) is 13.1 Å². The molecule has 1 fully saturated rings. The van der Waals surface area contributed by atoms with Gasteiger partial charge in [-0.05, 0) is 25.7 Å². The highest BCUT2D eigenvalue weighted by Crippen LogP contribution is 2.23. The molecular weight excluding hydrogens is 280 g/mol. The van der Waals surface area contributed by atoms with E-state index in [0.29, 0.717) is 17.9 Å². The minimum absolute atomic E-state index is 0.0426. The molecule has 0 aliphatic carbocycles. The van der Waals surface area contributed by atoms with E-state index in [0.717, 1.165) is 44.6 Å². The second-order valence-electron chi connectivity index (χ2n) is 6.22. The number of nitrogens with one attached hydrogen (secondary N) is 1. The van der Waals surface area contributed by atoms with Crippen LogP contribution < -0.4 is 5.32 Å². The zero-order valence-electron chi connectivity index (χ0n) is 14.1. The number of likely N-dealkylation sites (tertiary alicyclic amines) is 1. The summed E-state index contributed by atoms with van der Waals surface area (Å²) in [6, 6.07) is 0.429. The molecule has 1 aromatic heterocycles. The molecule has 1 saturated heterocycles. The van der Waals surface area contributed by atoms with E-state index in [4.69, 9.17) is 4.52 Å². The van der Waals surface area contributed by atoms with Crippen LogP contribution in [0.1, 0.15) is 64.7 Å². The highest BCUT2D eigenvalue weighted by atomic mass is 16.5. The van der Waals surface area contributed by atoms with E-state index in [2.05, 4.69) is 36.2 Å². The van der Waals surface area contributed by atoms with Crippen LogP contribution in [0.25, 0.3) is 0 Å². The third-order valence-electron chi connectivity index (χ3n) is 4.50. The number of aromatic nitrogens is 2. The third-order valence-corrected chi connectivity index (χ3v) is 4.50. The number of hydrogen-bond acceptors (Lipinski definition) is 5. The predicted octanol–water partition coefficient (Wildman–Crippen LogP) is 2.32. The molecule has 22 heavy (non-hydrogen) atoms. The van der Waals surface area contributed by atoms with Crippen LogP contribution in [-0.4, -0.2) is 40.1 Å².